The molecule has 1 atom stereocenters. The molecular weight excluding hydrogens is 468 g/mol. The number of carbonyl (C=O) groups excluding carboxylic acids is 2. The SMILES string of the molecule is CC(C)CN1CCN(C(=O)CC(c2ccc3[nH]ccc3c2)S(=O)(=O)CC[Si](C)(C)C(N)=O)CC1. The summed E-state index contributed by atoms with van der Waals surface area (Å²) in [7, 11) is -6.21. The van der Waals surface area contributed by atoms with Gasteiger partial charge in [-0.05, 0) is 41.1 Å². The third-order valence-electron chi connectivity index (χ3n) is 6.77. The van der Waals surface area contributed by atoms with E-state index in [1.807, 2.05) is 18.2 Å². The van der Waals surface area contributed by atoms with Crippen LogP contribution in [0.15, 0.2) is 30.5 Å². The number of nitrogens with one attached hydrogen (secondary N) is 1. The third-order valence-corrected chi connectivity index (χ3v) is 12.0. The van der Waals surface area contributed by atoms with Crippen LogP contribution in [0.5, 0.6) is 0 Å². The van der Waals surface area contributed by atoms with Gasteiger partial charge in [0.1, 0.15) is 0 Å². The fourth-order valence-corrected chi connectivity index (χ4v) is 9.04. The van der Waals surface area contributed by atoms with Crippen LogP contribution in [0.1, 0.15) is 31.1 Å². The Balaban J connectivity index is 1.80. The molecule has 0 spiro atoms. The molecule has 0 bridgehead atoms. The summed E-state index contributed by atoms with van der Waals surface area (Å²) in [4.78, 5) is 32.3. The van der Waals surface area contributed by atoms with E-state index in [2.05, 4.69) is 23.7 Å². The third kappa shape index (κ3) is 6.48. The largest absolute Gasteiger partial charge is 0.374 e. The van der Waals surface area contributed by atoms with Gasteiger partial charge in [0, 0.05) is 56.6 Å². The van der Waals surface area contributed by atoms with Crippen molar-refractivity contribution in [3.05, 3.63) is 36.0 Å². The maximum atomic E-state index is 13.5. The fraction of sp³-hybridized carbons (Fsp3) is 0.583. The van der Waals surface area contributed by atoms with E-state index in [0.29, 0.717) is 24.6 Å². The van der Waals surface area contributed by atoms with Crippen LogP contribution in [0.4, 0.5) is 4.79 Å². The molecule has 3 N–H and O–H groups in total. The van der Waals surface area contributed by atoms with Gasteiger partial charge < -0.3 is 15.6 Å². The molecule has 188 valence electrons. The summed E-state index contributed by atoms with van der Waals surface area (Å²) in [6.45, 7) is 11.7. The zero-order chi connectivity index (χ0) is 25.1. The number of rotatable bonds is 10. The number of aromatic amines is 1. The standard InChI is InChI=1S/C24H38N4O4SSi/c1-18(2)17-27-9-11-28(12-10-27)23(29)16-22(20-5-6-21-19(15-20)7-8-26-21)33(31,32)13-14-34(3,4)24(25)30/h5-8,15,18,22,26H,9-14,16-17H2,1-4H3,(H2,25,30). The highest BCUT2D eigenvalue weighted by atomic mass is 32.2. The molecule has 10 heteroatoms. The molecule has 2 amide bonds. The molecule has 3 rings (SSSR count). The lowest BCUT2D eigenvalue weighted by Crippen LogP contribution is -2.49. The van der Waals surface area contributed by atoms with Crippen LogP contribution in [0.3, 0.4) is 0 Å². The first-order valence-electron chi connectivity index (χ1n) is 12.0. The van der Waals surface area contributed by atoms with Crippen molar-refractivity contribution in [3.8, 4) is 0 Å². The summed E-state index contributed by atoms with van der Waals surface area (Å²) in [6, 6.07) is 7.62. The van der Waals surface area contributed by atoms with Crippen LogP contribution < -0.4 is 5.73 Å². The second-order valence-corrected chi connectivity index (χ2v) is 17.5. The van der Waals surface area contributed by atoms with Gasteiger partial charge in [-0.1, -0.05) is 33.0 Å². The maximum absolute atomic E-state index is 13.5. The van der Waals surface area contributed by atoms with Crippen molar-refractivity contribution < 1.29 is 18.0 Å². The number of piperazine rings is 1. The monoisotopic (exact) mass is 506 g/mol. The molecular formula is C24H38N4O4SSi. The number of aromatic nitrogens is 1. The number of benzene rings is 1. The molecule has 1 saturated heterocycles. The van der Waals surface area contributed by atoms with E-state index in [-0.39, 0.29) is 24.1 Å². The molecule has 0 saturated carbocycles. The van der Waals surface area contributed by atoms with E-state index in [9.17, 15) is 18.0 Å². The van der Waals surface area contributed by atoms with Gasteiger partial charge in [0.2, 0.25) is 5.91 Å². The fourth-order valence-electron chi connectivity index (χ4n) is 4.37. The van der Waals surface area contributed by atoms with E-state index >= 15 is 0 Å². The lowest BCUT2D eigenvalue weighted by Gasteiger charge is -2.36. The van der Waals surface area contributed by atoms with Crippen molar-refractivity contribution in [2.24, 2.45) is 11.7 Å². The van der Waals surface area contributed by atoms with Crippen LogP contribution in [0.2, 0.25) is 19.1 Å². The summed E-state index contributed by atoms with van der Waals surface area (Å²) < 4.78 is 27.1. The minimum atomic E-state index is -3.70. The lowest BCUT2D eigenvalue weighted by atomic mass is 10.1. The van der Waals surface area contributed by atoms with Crippen molar-refractivity contribution in [3.63, 3.8) is 0 Å². The molecule has 1 aromatic carbocycles. The highest BCUT2D eigenvalue weighted by Crippen LogP contribution is 2.31. The molecule has 1 aliphatic rings. The van der Waals surface area contributed by atoms with Gasteiger partial charge in [0.05, 0.1) is 5.25 Å². The Morgan fingerprint density at radius 3 is 2.41 bits per heavy atom. The van der Waals surface area contributed by atoms with Gasteiger partial charge in [-0.15, -0.1) is 0 Å². The number of nitrogens with two attached hydrogens (primary N) is 1. The van der Waals surface area contributed by atoms with Gasteiger partial charge >= 0.3 is 0 Å². The predicted molar refractivity (Wildman–Crippen MR) is 139 cm³/mol. The summed E-state index contributed by atoms with van der Waals surface area (Å²) >= 11 is 0. The molecule has 2 heterocycles. The molecule has 1 fully saturated rings. The van der Waals surface area contributed by atoms with Crippen LogP contribution in [0, 0.1) is 5.92 Å². The number of H-pyrrole nitrogens is 1. The minimum absolute atomic E-state index is 0.0962. The van der Waals surface area contributed by atoms with Crippen LogP contribution in [-0.4, -0.2) is 81.2 Å². The van der Waals surface area contributed by atoms with Gasteiger partial charge in [-0.3, -0.25) is 14.5 Å². The van der Waals surface area contributed by atoms with E-state index in [4.69, 9.17) is 5.73 Å². The van der Waals surface area contributed by atoms with Crippen LogP contribution in [-0.2, 0) is 14.6 Å². The van der Waals surface area contributed by atoms with E-state index in [1.165, 1.54) is 0 Å². The molecule has 1 unspecified atom stereocenters. The number of hydrogen-bond acceptors (Lipinski definition) is 5. The molecule has 2 aromatic rings. The normalized spacial score (nSPS) is 16.8. The van der Waals surface area contributed by atoms with E-state index < -0.39 is 28.7 Å². The number of carbonyl (C=O) groups is 2. The van der Waals surface area contributed by atoms with Gasteiger partial charge in [-0.25, -0.2) is 8.42 Å². The van der Waals surface area contributed by atoms with Crippen molar-refractivity contribution in [2.45, 2.75) is 44.7 Å². The average molecular weight is 507 g/mol. The van der Waals surface area contributed by atoms with Gasteiger partial charge in [0.25, 0.3) is 0 Å². The molecule has 0 radical (unpaired) electrons. The molecule has 0 aliphatic carbocycles. The first-order valence-corrected chi connectivity index (χ1v) is 16.9. The van der Waals surface area contributed by atoms with Gasteiger partial charge in [0.15, 0.2) is 23.4 Å². The zero-order valence-electron chi connectivity index (χ0n) is 20.7. The smallest absolute Gasteiger partial charge is 0.224 e. The Kier molecular flexibility index (Phi) is 8.25. The Morgan fingerprint density at radius 2 is 1.79 bits per heavy atom. The molecule has 1 aliphatic heterocycles. The number of nitrogens with zero attached hydrogens (tertiary/aromatic N) is 2. The highest BCUT2D eigenvalue weighted by molar-refractivity contribution is 7.91. The second kappa shape index (κ2) is 10.6. The number of amides is 2. The van der Waals surface area contributed by atoms with Crippen molar-refractivity contribution >= 4 is 40.3 Å². The van der Waals surface area contributed by atoms with Crippen molar-refractivity contribution in [1.82, 2.24) is 14.8 Å². The van der Waals surface area contributed by atoms with Crippen LogP contribution in [0.25, 0.3) is 10.9 Å². The van der Waals surface area contributed by atoms with Gasteiger partial charge in [-0.2, -0.15) is 0 Å². The summed E-state index contributed by atoms with van der Waals surface area (Å²) in [6.07, 6.45) is 1.71. The first kappa shape index (κ1) is 26.4. The molecule has 1 aromatic heterocycles. The zero-order valence-corrected chi connectivity index (χ0v) is 22.5. The Bertz CT molecular complexity index is 1120. The van der Waals surface area contributed by atoms with Crippen molar-refractivity contribution in [1.29, 1.82) is 0 Å². The lowest BCUT2D eigenvalue weighted by molar-refractivity contribution is -0.133. The topological polar surface area (TPSA) is 117 Å². The average Bonchev–Trinajstić information content (AvgIpc) is 3.24. The minimum Gasteiger partial charge on any atom is -0.374 e. The predicted octanol–water partition coefficient (Wildman–Crippen LogP) is 3.18. The van der Waals surface area contributed by atoms with Crippen molar-refractivity contribution in [2.75, 3.05) is 38.5 Å². The maximum Gasteiger partial charge on any atom is 0.224 e. The van der Waals surface area contributed by atoms with E-state index in [0.717, 1.165) is 30.5 Å². The summed E-state index contributed by atoms with van der Waals surface area (Å²) in [5.41, 5.74) is 6.64. The van der Waals surface area contributed by atoms with E-state index in [1.54, 1.807) is 30.3 Å². The number of primary amides is 1. The summed E-state index contributed by atoms with van der Waals surface area (Å²) in [5, 5.41) is -0.0510. The molecule has 8 nitrogen and oxygen atoms in total. The Morgan fingerprint density at radius 1 is 1.12 bits per heavy atom. The highest BCUT2D eigenvalue weighted by Gasteiger charge is 2.36. The Hall–Kier alpha value is -2.17. The first-order chi connectivity index (χ1) is 15.9. The number of sulfone groups is 1. The quantitative estimate of drug-likeness (QED) is 0.480. The number of hydrogen-bond donors (Lipinski definition) is 2. The van der Waals surface area contributed by atoms with Crippen LogP contribution >= 0.6 is 0 Å². The number of fused-ring (bicyclic) bond motifs is 1. The summed E-state index contributed by atoms with van der Waals surface area (Å²) in [5.74, 6) is 0.271. The second-order valence-electron chi connectivity index (χ2n) is 10.5. The molecule has 34 heavy (non-hydrogen) atoms. The Labute approximate surface area is 203 Å².